The lowest BCUT2D eigenvalue weighted by Crippen LogP contribution is -2.43. The predicted octanol–water partition coefficient (Wildman–Crippen LogP) is 2.01. The lowest BCUT2D eigenvalue weighted by Gasteiger charge is -2.32. The maximum atomic E-state index is 12.3. The second-order valence-corrected chi connectivity index (χ2v) is 5.70. The van der Waals surface area contributed by atoms with Gasteiger partial charge in [0.1, 0.15) is 0 Å². The summed E-state index contributed by atoms with van der Waals surface area (Å²) in [4.78, 5) is 14.2. The number of hydrogen-bond donors (Lipinski definition) is 1. The monoisotopic (exact) mass is 226 g/mol. The number of nitrogens with zero attached hydrogens (tertiary/aromatic N) is 1. The Bertz CT molecular complexity index is 232. The van der Waals surface area contributed by atoms with Crippen LogP contribution >= 0.6 is 0 Å². The summed E-state index contributed by atoms with van der Waals surface area (Å²) in [6, 6.07) is 0. The van der Waals surface area contributed by atoms with Crippen LogP contribution in [0.3, 0.4) is 0 Å². The van der Waals surface area contributed by atoms with Crippen LogP contribution in [-0.4, -0.2) is 30.4 Å². The Morgan fingerprint density at radius 2 is 1.94 bits per heavy atom. The Hall–Kier alpha value is -0.570. The van der Waals surface area contributed by atoms with Gasteiger partial charge in [-0.25, -0.2) is 0 Å². The fourth-order valence-corrected chi connectivity index (χ4v) is 2.36. The van der Waals surface area contributed by atoms with E-state index in [1.54, 1.807) is 0 Å². The third-order valence-corrected chi connectivity index (χ3v) is 3.57. The van der Waals surface area contributed by atoms with Crippen molar-refractivity contribution in [3.63, 3.8) is 0 Å². The maximum Gasteiger partial charge on any atom is 0.225 e. The molecular weight excluding hydrogens is 200 g/mol. The molecule has 3 nitrogen and oxygen atoms in total. The van der Waals surface area contributed by atoms with E-state index in [0.29, 0.717) is 12.5 Å². The summed E-state index contributed by atoms with van der Waals surface area (Å²) < 4.78 is 0. The standard InChI is InChI=1S/C13H26N2O/c1-4-15(10-13(2,3)9-14)12(16)11-7-5-6-8-11/h11H,4-10,14H2,1-3H3. The van der Waals surface area contributed by atoms with E-state index in [0.717, 1.165) is 25.9 Å². The van der Waals surface area contributed by atoms with E-state index in [4.69, 9.17) is 5.73 Å². The minimum atomic E-state index is 0.0320. The minimum Gasteiger partial charge on any atom is -0.342 e. The molecule has 0 aromatic heterocycles. The summed E-state index contributed by atoms with van der Waals surface area (Å²) in [7, 11) is 0. The number of hydrogen-bond acceptors (Lipinski definition) is 2. The first-order valence-electron chi connectivity index (χ1n) is 6.49. The van der Waals surface area contributed by atoms with Crippen LogP contribution in [0.4, 0.5) is 0 Å². The van der Waals surface area contributed by atoms with Crippen molar-refractivity contribution in [1.82, 2.24) is 4.90 Å². The topological polar surface area (TPSA) is 46.3 Å². The van der Waals surface area contributed by atoms with Crippen molar-refractivity contribution in [2.45, 2.75) is 46.5 Å². The molecular formula is C13H26N2O. The van der Waals surface area contributed by atoms with E-state index in [2.05, 4.69) is 20.8 Å². The quantitative estimate of drug-likeness (QED) is 0.779. The van der Waals surface area contributed by atoms with Crippen molar-refractivity contribution in [3.05, 3.63) is 0 Å². The van der Waals surface area contributed by atoms with Gasteiger partial charge in [0.25, 0.3) is 0 Å². The zero-order valence-electron chi connectivity index (χ0n) is 11.0. The summed E-state index contributed by atoms with van der Waals surface area (Å²) in [5.41, 5.74) is 5.76. The molecule has 2 N–H and O–H groups in total. The molecule has 0 saturated heterocycles. The Morgan fingerprint density at radius 1 is 1.38 bits per heavy atom. The van der Waals surface area contributed by atoms with Gasteiger partial charge in [-0.2, -0.15) is 0 Å². The van der Waals surface area contributed by atoms with E-state index in [-0.39, 0.29) is 11.3 Å². The molecule has 0 spiro atoms. The van der Waals surface area contributed by atoms with Gasteiger partial charge in [-0.1, -0.05) is 26.7 Å². The predicted molar refractivity (Wildman–Crippen MR) is 67.0 cm³/mol. The first kappa shape index (κ1) is 13.5. The zero-order chi connectivity index (χ0) is 12.2. The number of rotatable bonds is 5. The Kier molecular flexibility index (Phi) is 4.78. The van der Waals surface area contributed by atoms with E-state index in [1.807, 2.05) is 4.90 Å². The summed E-state index contributed by atoms with van der Waals surface area (Å²) in [5, 5.41) is 0. The van der Waals surface area contributed by atoms with Gasteiger partial charge < -0.3 is 10.6 Å². The molecule has 1 saturated carbocycles. The molecule has 1 amide bonds. The van der Waals surface area contributed by atoms with Crippen molar-refractivity contribution in [1.29, 1.82) is 0 Å². The number of carbonyl (C=O) groups excluding carboxylic acids is 1. The molecule has 1 aliphatic carbocycles. The molecule has 1 aliphatic rings. The molecule has 0 unspecified atom stereocenters. The lowest BCUT2D eigenvalue weighted by molar-refractivity contribution is -0.136. The van der Waals surface area contributed by atoms with Gasteiger partial charge in [0, 0.05) is 19.0 Å². The van der Waals surface area contributed by atoms with E-state index >= 15 is 0 Å². The normalized spacial score (nSPS) is 17.8. The van der Waals surface area contributed by atoms with Crippen LogP contribution in [0, 0.1) is 11.3 Å². The first-order chi connectivity index (χ1) is 7.50. The second kappa shape index (κ2) is 5.67. The fourth-order valence-electron chi connectivity index (χ4n) is 2.36. The summed E-state index contributed by atoms with van der Waals surface area (Å²) in [6.07, 6.45) is 4.60. The van der Waals surface area contributed by atoms with Gasteiger partial charge in [0.05, 0.1) is 0 Å². The van der Waals surface area contributed by atoms with Gasteiger partial charge in [-0.05, 0) is 31.7 Å². The van der Waals surface area contributed by atoms with Crippen LogP contribution in [0.2, 0.25) is 0 Å². The van der Waals surface area contributed by atoms with Gasteiger partial charge >= 0.3 is 0 Å². The van der Waals surface area contributed by atoms with E-state index in [1.165, 1.54) is 12.8 Å². The highest BCUT2D eigenvalue weighted by Gasteiger charge is 2.29. The second-order valence-electron chi connectivity index (χ2n) is 5.70. The molecule has 1 fully saturated rings. The molecule has 0 aliphatic heterocycles. The number of nitrogens with two attached hydrogens (primary N) is 1. The molecule has 0 heterocycles. The van der Waals surface area contributed by atoms with Crippen LogP contribution in [0.15, 0.2) is 0 Å². The highest BCUT2D eigenvalue weighted by Crippen LogP contribution is 2.27. The third kappa shape index (κ3) is 3.48. The van der Waals surface area contributed by atoms with Crippen LogP contribution in [-0.2, 0) is 4.79 Å². The van der Waals surface area contributed by atoms with Gasteiger partial charge in [-0.3, -0.25) is 4.79 Å². The molecule has 1 rings (SSSR count). The summed E-state index contributed by atoms with van der Waals surface area (Å²) in [6.45, 7) is 8.52. The van der Waals surface area contributed by atoms with Crippen LogP contribution in [0.1, 0.15) is 46.5 Å². The zero-order valence-corrected chi connectivity index (χ0v) is 11.0. The molecule has 0 radical (unpaired) electrons. The smallest absolute Gasteiger partial charge is 0.225 e. The molecule has 3 heteroatoms. The molecule has 0 aromatic carbocycles. The van der Waals surface area contributed by atoms with E-state index in [9.17, 15) is 4.79 Å². The van der Waals surface area contributed by atoms with Crippen LogP contribution in [0.5, 0.6) is 0 Å². The highest BCUT2D eigenvalue weighted by molar-refractivity contribution is 5.79. The summed E-state index contributed by atoms with van der Waals surface area (Å²) in [5.74, 6) is 0.634. The maximum absolute atomic E-state index is 12.3. The number of amides is 1. The van der Waals surface area contributed by atoms with Crippen LogP contribution in [0.25, 0.3) is 0 Å². The van der Waals surface area contributed by atoms with Gasteiger partial charge in [-0.15, -0.1) is 0 Å². The summed E-state index contributed by atoms with van der Waals surface area (Å²) >= 11 is 0. The van der Waals surface area contributed by atoms with Crippen molar-refractivity contribution in [2.24, 2.45) is 17.1 Å². The van der Waals surface area contributed by atoms with Crippen molar-refractivity contribution < 1.29 is 4.79 Å². The molecule has 0 atom stereocenters. The SMILES string of the molecule is CCN(CC(C)(C)CN)C(=O)C1CCCC1. The Balaban J connectivity index is 2.56. The lowest BCUT2D eigenvalue weighted by atomic mass is 9.92. The average Bonchev–Trinajstić information content (AvgIpc) is 2.78. The van der Waals surface area contributed by atoms with Crippen molar-refractivity contribution in [2.75, 3.05) is 19.6 Å². The minimum absolute atomic E-state index is 0.0320. The highest BCUT2D eigenvalue weighted by atomic mass is 16.2. The Morgan fingerprint density at radius 3 is 2.38 bits per heavy atom. The molecule has 16 heavy (non-hydrogen) atoms. The molecule has 94 valence electrons. The number of carbonyl (C=O) groups is 1. The molecule has 0 bridgehead atoms. The Labute approximate surface area is 99.4 Å². The largest absolute Gasteiger partial charge is 0.342 e. The van der Waals surface area contributed by atoms with Crippen molar-refractivity contribution >= 4 is 5.91 Å². The van der Waals surface area contributed by atoms with Crippen molar-refractivity contribution in [3.8, 4) is 0 Å². The van der Waals surface area contributed by atoms with Crippen LogP contribution < -0.4 is 5.73 Å². The van der Waals surface area contributed by atoms with E-state index < -0.39 is 0 Å². The van der Waals surface area contributed by atoms with Gasteiger partial charge in [0.15, 0.2) is 0 Å². The third-order valence-electron chi connectivity index (χ3n) is 3.57. The van der Waals surface area contributed by atoms with Gasteiger partial charge in [0.2, 0.25) is 5.91 Å². The fraction of sp³-hybridized carbons (Fsp3) is 0.923. The average molecular weight is 226 g/mol. The molecule has 0 aromatic rings. The first-order valence-corrected chi connectivity index (χ1v) is 6.49.